The number of hydroxylamine groups is 1. The smallest absolute Gasteiger partial charge is 0.269 e. The molecule has 0 saturated carbocycles. The second-order valence-corrected chi connectivity index (χ2v) is 1.71. The molecule has 0 aromatic carbocycles. The summed E-state index contributed by atoms with van der Waals surface area (Å²) in [6.07, 6.45) is 0. The Balaban J connectivity index is 3.24. The van der Waals surface area contributed by atoms with E-state index in [0.717, 1.165) is 0 Å². The van der Waals surface area contributed by atoms with Crippen LogP contribution in [0.25, 0.3) is 0 Å². The molecule has 0 heterocycles. The zero-order chi connectivity index (χ0) is 8.69. The zero-order valence-electron chi connectivity index (χ0n) is 6.12. The molecule has 0 atom stereocenters. The summed E-state index contributed by atoms with van der Waals surface area (Å²) in [4.78, 5) is 24.9. The molecule has 0 radical (unpaired) electrons. The molecule has 64 valence electrons. The molecule has 6 heteroatoms. The molecular weight excluding hydrogens is 152 g/mol. The maximum absolute atomic E-state index is 10.5. The Morgan fingerprint density at radius 1 is 1.45 bits per heavy atom. The van der Waals surface area contributed by atoms with Gasteiger partial charge in [0.05, 0.1) is 0 Å². The fourth-order valence-electron chi connectivity index (χ4n) is 0.348. The van der Waals surface area contributed by atoms with Gasteiger partial charge in [-0.25, -0.2) is 5.48 Å². The van der Waals surface area contributed by atoms with Crippen LogP contribution in [-0.4, -0.2) is 32.1 Å². The highest BCUT2D eigenvalue weighted by atomic mass is 16.7. The molecule has 6 nitrogen and oxygen atoms in total. The Hall–Kier alpha value is -1.14. The number of nitrogens with one attached hydrogen (secondary N) is 1. The van der Waals surface area contributed by atoms with E-state index in [1.165, 1.54) is 7.11 Å². The first-order valence-corrected chi connectivity index (χ1v) is 2.84. The van der Waals surface area contributed by atoms with Gasteiger partial charge in [-0.3, -0.25) is 14.4 Å². The molecule has 0 fully saturated rings. The van der Waals surface area contributed by atoms with Gasteiger partial charge in [-0.2, -0.15) is 0 Å². The van der Waals surface area contributed by atoms with E-state index in [0.29, 0.717) is 0 Å². The molecule has 11 heavy (non-hydrogen) atoms. The van der Waals surface area contributed by atoms with Gasteiger partial charge >= 0.3 is 0 Å². The number of carbonyl (C=O) groups excluding carboxylic acids is 2. The van der Waals surface area contributed by atoms with Gasteiger partial charge in [-0.15, -0.1) is 0 Å². The fourth-order valence-corrected chi connectivity index (χ4v) is 0.348. The van der Waals surface area contributed by atoms with Crippen LogP contribution >= 0.6 is 0 Å². The largest absolute Gasteiger partial charge is 0.375 e. The number of carbonyl (C=O) groups is 2. The third kappa shape index (κ3) is 6.75. The predicted octanol–water partition coefficient (Wildman–Crippen LogP) is -1.83. The van der Waals surface area contributed by atoms with Crippen molar-refractivity contribution < 1.29 is 19.2 Å². The summed E-state index contributed by atoms with van der Waals surface area (Å²) in [7, 11) is 1.37. The second kappa shape index (κ2) is 5.63. The summed E-state index contributed by atoms with van der Waals surface area (Å²) in [5.41, 5.74) is 6.66. The minimum Gasteiger partial charge on any atom is -0.375 e. The van der Waals surface area contributed by atoms with Crippen molar-refractivity contribution in [2.24, 2.45) is 5.73 Å². The first kappa shape index (κ1) is 9.86. The van der Waals surface area contributed by atoms with E-state index in [4.69, 9.17) is 5.73 Å². The average molecular weight is 162 g/mol. The Kier molecular flexibility index (Phi) is 5.05. The molecule has 0 rings (SSSR count). The number of rotatable bonds is 5. The minimum atomic E-state index is -0.650. The normalized spacial score (nSPS) is 9.18. The van der Waals surface area contributed by atoms with Crippen molar-refractivity contribution in [1.82, 2.24) is 5.48 Å². The van der Waals surface area contributed by atoms with E-state index in [1.807, 2.05) is 5.48 Å². The monoisotopic (exact) mass is 162 g/mol. The van der Waals surface area contributed by atoms with Gasteiger partial charge in [0.25, 0.3) is 5.91 Å². The lowest BCUT2D eigenvalue weighted by Gasteiger charge is -2.01. The van der Waals surface area contributed by atoms with E-state index in [9.17, 15) is 9.59 Å². The predicted molar refractivity (Wildman–Crippen MR) is 35.2 cm³/mol. The third-order valence-electron chi connectivity index (χ3n) is 0.676. The number of nitrogens with two attached hydrogens (primary N) is 1. The lowest BCUT2D eigenvalue weighted by atomic mass is 10.7. The van der Waals surface area contributed by atoms with Crippen molar-refractivity contribution in [3.05, 3.63) is 0 Å². The van der Waals surface area contributed by atoms with Gasteiger partial charge in [-0.1, -0.05) is 0 Å². The first-order chi connectivity index (χ1) is 5.16. The molecule has 0 unspecified atom stereocenters. The fraction of sp³-hybridized carbons (Fsp3) is 0.600. The van der Waals surface area contributed by atoms with Crippen molar-refractivity contribution in [1.29, 1.82) is 0 Å². The highest BCUT2D eigenvalue weighted by molar-refractivity contribution is 5.77. The number of methoxy groups -OCH3 is 1. The Bertz CT molecular complexity index is 147. The number of hydrogen-bond acceptors (Lipinski definition) is 4. The highest BCUT2D eigenvalue weighted by Crippen LogP contribution is 1.70. The summed E-state index contributed by atoms with van der Waals surface area (Å²) in [6, 6.07) is 0. The molecule has 0 aromatic rings. The van der Waals surface area contributed by atoms with Crippen LogP contribution in [0.2, 0.25) is 0 Å². The maximum Gasteiger partial charge on any atom is 0.269 e. The summed E-state index contributed by atoms with van der Waals surface area (Å²) in [5, 5.41) is 0. The van der Waals surface area contributed by atoms with Crippen LogP contribution in [0.5, 0.6) is 0 Å². The maximum atomic E-state index is 10.5. The standard InChI is InChI=1S/C5H10N2O4/c1-10-3-5(9)7-11-2-4(6)8/h2-3H2,1H3,(H2,6,8)(H,7,9). The van der Waals surface area contributed by atoms with Gasteiger partial charge in [-0.05, 0) is 0 Å². The van der Waals surface area contributed by atoms with Crippen molar-refractivity contribution in [2.45, 2.75) is 0 Å². The molecule has 0 aliphatic rings. The van der Waals surface area contributed by atoms with Crippen LogP contribution < -0.4 is 11.2 Å². The van der Waals surface area contributed by atoms with E-state index >= 15 is 0 Å². The topological polar surface area (TPSA) is 90.7 Å². The summed E-state index contributed by atoms with van der Waals surface area (Å²) in [6.45, 7) is -0.450. The summed E-state index contributed by atoms with van der Waals surface area (Å²) < 4.78 is 4.45. The average Bonchev–Trinajstić information content (AvgIpc) is 1.87. The molecule has 0 aliphatic heterocycles. The van der Waals surface area contributed by atoms with E-state index < -0.39 is 11.8 Å². The van der Waals surface area contributed by atoms with E-state index in [-0.39, 0.29) is 13.2 Å². The van der Waals surface area contributed by atoms with Crippen LogP contribution in [0.3, 0.4) is 0 Å². The van der Waals surface area contributed by atoms with Crippen LogP contribution in [0.4, 0.5) is 0 Å². The minimum absolute atomic E-state index is 0.112. The number of amides is 2. The molecule has 0 aliphatic carbocycles. The summed E-state index contributed by atoms with van der Waals surface area (Å²) >= 11 is 0. The molecule has 0 saturated heterocycles. The highest BCUT2D eigenvalue weighted by Gasteiger charge is 1.99. The van der Waals surface area contributed by atoms with Crippen LogP contribution in [0.1, 0.15) is 0 Å². The Morgan fingerprint density at radius 3 is 2.55 bits per heavy atom. The number of primary amides is 1. The van der Waals surface area contributed by atoms with Gasteiger partial charge in [0.15, 0.2) is 6.61 Å². The summed E-state index contributed by atoms with van der Waals surface area (Å²) in [5.74, 6) is -1.11. The quantitative estimate of drug-likeness (QED) is 0.465. The lowest BCUT2D eigenvalue weighted by Crippen LogP contribution is -2.31. The molecular formula is C5H10N2O4. The Labute approximate surface area is 63.6 Å². The van der Waals surface area contributed by atoms with Gasteiger partial charge < -0.3 is 10.5 Å². The molecule has 0 bridgehead atoms. The van der Waals surface area contributed by atoms with Crippen molar-refractivity contribution in [3.8, 4) is 0 Å². The second-order valence-electron chi connectivity index (χ2n) is 1.71. The van der Waals surface area contributed by atoms with E-state index in [1.54, 1.807) is 0 Å². The molecule has 3 N–H and O–H groups in total. The number of hydrogen-bond donors (Lipinski definition) is 2. The Morgan fingerprint density at radius 2 is 2.09 bits per heavy atom. The van der Waals surface area contributed by atoms with Gasteiger partial charge in [0, 0.05) is 7.11 Å². The van der Waals surface area contributed by atoms with Crippen molar-refractivity contribution in [2.75, 3.05) is 20.3 Å². The first-order valence-electron chi connectivity index (χ1n) is 2.84. The lowest BCUT2D eigenvalue weighted by molar-refractivity contribution is -0.140. The zero-order valence-corrected chi connectivity index (χ0v) is 6.12. The van der Waals surface area contributed by atoms with Crippen molar-refractivity contribution in [3.63, 3.8) is 0 Å². The van der Waals surface area contributed by atoms with Gasteiger partial charge in [0.1, 0.15) is 6.61 Å². The van der Waals surface area contributed by atoms with Crippen LogP contribution in [-0.2, 0) is 19.2 Å². The molecule has 2 amide bonds. The van der Waals surface area contributed by atoms with E-state index in [2.05, 4.69) is 9.57 Å². The van der Waals surface area contributed by atoms with Crippen LogP contribution in [0, 0.1) is 0 Å². The van der Waals surface area contributed by atoms with Gasteiger partial charge in [0.2, 0.25) is 5.91 Å². The molecule has 0 spiro atoms. The SMILES string of the molecule is COCC(=O)NOCC(N)=O. The van der Waals surface area contributed by atoms with Crippen molar-refractivity contribution >= 4 is 11.8 Å². The molecule has 0 aromatic heterocycles. The third-order valence-corrected chi connectivity index (χ3v) is 0.676. The number of ether oxygens (including phenoxy) is 1. The van der Waals surface area contributed by atoms with Crippen LogP contribution in [0.15, 0.2) is 0 Å².